The van der Waals surface area contributed by atoms with E-state index in [0.717, 1.165) is 47.3 Å². The van der Waals surface area contributed by atoms with E-state index in [0.29, 0.717) is 18.1 Å². The fourth-order valence-electron chi connectivity index (χ4n) is 5.35. The van der Waals surface area contributed by atoms with Crippen molar-refractivity contribution in [2.75, 3.05) is 13.7 Å². The van der Waals surface area contributed by atoms with Gasteiger partial charge in [-0.25, -0.2) is 4.79 Å². The van der Waals surface area contributed by atoms with Gasteiger partial charge in [0.2, 0.25) is 0 Å². The van der Waals surface area contributed by atoms with Gasteiger partial charge in [0.05, 0.1) is 30.2 Å². The van der Waals surface area contributed by atoms with E-state index < -0.39 is 18.1 Å². The third-order valence-electron chi connectivity index (χ3n) is 7.30. The molecule has 2 aromatic carbocycles. The van der Waals surface area contributed by atoms with Crippen molar-refractivity contribution >= 4 is 23.2 Å². The number of nitrogens with zero attached hydrogens (tertiary/aromatic N) is 2. The molecule has 2 atom stereocenters. The summed E-state index contributed by atoms with van der Waals surface area (Å²) in [6.07, 6.45) is 5.29. The van der Waals surface area contributed by atoms with E-state index in [4.69, 9.17) is 18.9 Å². The number of rotatable bonds is 10. The van der Waals surface area contributed by atoms with E-state index >= 15 is 0 Å². The second kappa shape index (κ2) is 12.6. The summed E-state index contributed by atoms with van der Waals surface area (Å²) < 4.78 is 23.7. The van der Waals surface area contributed by atoms with Gasteiger partial charge in [-0.1, -0.05) is 49.2 Å². The smallest absolute Gasteiger partial charge is 0.329 e. The molecule has 9 heteroatoms. The molecule has 1 fully saturated rings. The Hall–Kier alpha value is -3.43. The van der Waals surface area contributed by atoms with Gasteiger partial charge in [-0.3, -0.25) is 9.78 Å². The number of amides is 1. The first kappa shape index (κ1) is 27.1. The Morgan fingerprint density at radius 3 is 2.62 bits per heavy atom. The average molecular weight is 551 g/mol. The van der Waals surface area contributed by atoms with Crippen molar-refractivity contribution in [3.63, 3.8) is 0 Å². The first-order chi connectivity index (χ1) is 19.1. The van der Waals surface area contributed by atoms with Gasteiger partial charge in [0.1, 0.15) is 12.6 Å². The minimum atomic E-state index is -0.818. The lowest BCUT2D eigenvalue weighted by Crippen LogP contribution is -2.51. The Bertz CT molecular complexity index is 1260. The summed E-state index contributed by atoms with van der Waals surface area (Å²) >= 11 is 1.51. The van der Waals surface area contributed by atoms with Crippen LogP contribution in [0.5, 0.6) is 11.5 Å². The molecule has 1 amide bonds. The van der Waals surface area contributed by atoms with E-state index in [1.54, 1.807) is 30.6 Å². The standard InChI is InChI=1S/C30H34N2O6S/c1-3-36-30(34)25-15-24-21(13-14-26(35-2)28(24)37-18-23-16-31-19-39-23)17-32(25)29(33)27(20-9-5-4-6-10-20)38-22-11-7-8-12-22/h4-6,9-10,13-14,16,19,22,25,27H,3,7-8,11-12,15,17-18H2,1-2H3/t25-,27-/m0/s1. The molecule has 5 rings (SSSR count). The summed E-state index contributed by atoms with van der Waals surface area (Å²) in [7, 11) is 1.59. The van der Waals surface area contributed by atoms with E-state index in [-0.39, 0.29) is 31.6 Å². The number of fused-ring (bicyclic) bond motifs is 1. The van der Waals surface area contributed by atoms with Crippen LogP contribution in [0.4, 0.5) is 0 Å². The van der Waals surface area contributed by atoms with Crippen LogP contribution in [0.1, 0.15) is 60.3 Å². The molecule has 1 aliphatic carbocycles. The first-order valence-electron chi connectivity index (χ1n) is 13.5. The Morgan fingerprint density at radius 2 is 1.92 bits per heavy atom. The summed E-state index contributed by atoms with van der Waals surface area (Å²) in [4.78, 5) is 34.2. The number of carbonyl (C=O) groups excluding carboxylic acids is 2. The van der Waals surface area contributed by atoms with E-state index in [1.807, 2.05) is 42.5 Å². The minimum absolute atomic E-state index is 0.0216. The van der Waals surface area contributed by atoms with Crippen LogP contribution in [0.25, 0.3) is 0 Å². The lowest BCUT2D eigenvalue weighted by molar-refractivity contribution is -0.163. The van der Waals surface area contributed by atoms with Crippen molar-refractivity contribution in [1.29, 1.82) is 0 Å². The van der Waals surface area contributed by atoms with Crippen LogP contribution in [0.15, 0.2) is 54.2 Å². The van der Waals surface area contributed by atoms with Crippen LogP contribution in [-0.4, -0.2) is 47.6 Å². The maximum atomic E-state index is 14.2. The second-order valence-corrected chi connectivity index (χ2v) is 10.7. The summed E-state index contributed by atoms with van der Waals surface area (Å²) in [5.41, 5.74) is 4.28. The number of hydrogen-bond acceptors (Lipinski definition) is 8. The summed E-state index contributed by atoms with van der Waals surface area (Å²) in [6.45, 7) is 2.55. The van der Waals surface area contributed by atoms with E-state index in [1.165, 1.54) is 11.3 Å². The normalized spacial score (nSPS) is 17.9. The zero-order chi connectivity index (χ0) is 27.2. The highest BCUT2D eigenvalue weighted by Crippen LogP contribution is 2.40. The maximum absolute atomic E-state index is 14.2. The second-order valence-electron chi connectivity index (χ2n) is 9.76. The number of aromatic nitrogens is 1. The van der Waals surface area contributed by atoms with Gasteiger partial charge in [-0.05, 0) is 37.0 Å². The highest BCUT2D eigenvalue weighted by Gasteiger charge is 2.41. The number of esters is 1. The molecule has 206 valence electrons. The largest absolute Gasteiger partial charge is 0.493 e. The molecule has 0 spiro atoms. The number of ether oxygens (including phenoxy) is 4. The minimum Gasteiger partial charge on any atom is -0.493 e. The molecule has 0 radical (unpaired) electrons. The molecule has 1 saturated carbocycles. The molecule has 2 heterocycles. The molecule has 0 saturated heterocycles. The maximum Gasteiger partial charge on any atom is 0.329 e. The van der Waals surface area contributed by atoms with Gasteiger partial charge in [0.15, 0.2) is 17.6 Å². The molecule has 2 aliphatic rings. The van der Waals surface area contributed by atoms with Crippen LogP contribution in [0, 0.1) is 0 Å². The van der Waals surface area contributed by atoms with Crippen LogP contribution < -0.4 is 9.47 Å². The molecule has 1 aliphatic heterocycles. The van der Waals surface area contributed by atoms with Gasteiger partial charge in [-0.15, -0.1) is 11.3 Å². The van der Waals surface area contributed by atoms with Gasteiger partial charge < -0.3 is 23.8 Å². The van der Waals surface area contributed by atoms with E-state index in [2.05, 4.69) is 4.98 Å². The predicted molar refractivity (Wildman–Crippen MR) is 147 cm³/mol. The fourth-order valence-corrected chi connectivity index (χ4v) is 5.85. The summed E-state index contributed by atoms with van der Waals surface area (Å²) in [5.74, 6) is 0.471. The molecule has 3 aromatic rings. The van der Waals surface area contributed by atoms with Crippen molar-refractivity contribution < 1.29 is 28.5 Å². The average Bonchev–Trinajstić information content (AvgIpc) is 3.69. The van der Waals surface area contributed by atoms with Gasteiger partial charge in [0, 0.05) is 24.7 Å². The highest BCUT2D eigenvalue weighted by molar-refractivity contribution is 7.09. The Labute approximate surface area is 232 Å². The van der Waals surface area contributed by atoms with Crippen LogP contribution in [0.3, 0.4) is 0 Å². The topological polar surface area (TPSA) is 87.2 Å². The SMILES string of the molecule is CCOC(=O)[C@@H]1Cc2c(ccc(OC)c2OCc2cncs2)CN1C(=O)[C@@H](OC1CCCC1)c1ccccc1. The Kier molecular flexibility index (Phi) is 8.78. The molecule has 8 nitrogen and oxygen atoms in total. The number of hydrogen-bond donors (Lipinski definition) is 0. The summed E-state index contributed by atoms with van der Waals surface area (Å²) in [6, 6.07) is 12.5. The molecule has 0 N–H and O–H groups in total. The van der Waals surface area contributed by atoms with Crippen LogP contribution in [0.2, 0.25) is 0 Å². The van der Waals surface area contributed by atoms with Crippen molar-refractivity contribution in [3.8, 4) is 11.5 Å². The van der Waals surface area contributed by atoms with Crippen molar-refractivity contribution in [1.82, 2.24) is 9.88 Å². The predicted octanol–water partition coefficient (Wildman–Crippen LogP) is 5.25. The number of benzene rings is 2. The fraction of sp³-hybridized carbons (Fsp3) is 0.433. The molecule has 0 bridgehead atoms. The first-order valence-corrected chi connectivity index (χ1v) is 14.3. The molecular formula is C30H34N2O6S. The number of methoxy groups -OCH3 is 1. The van der Waals surface area contributed by atoms with Gasteiger partial charge in [-0.2, -0.15) is 0 Å². The van der Waals surface area contributed by atoms with Crippen LogP contribution >= 0.6 is 11.3 Å². The Balaban J connectivity index is 1.49. The van der Waals surface area contributed by atoms with Crippen LogP contribution in [-0.2, 0) is 38.6 Å². The van der Waals surface area contributed by atoms with Crippen molar-refractivity contribution in [2.45, 2.75) is 70.4 Å². The molecule has 39 heavy (non-hydrogen) atoms. The molecule has 0 unspecified atom stereocenters. The molecular weight excluding hydrogens is 516 g/mol. The monoisotopic (exact) mass is 550 g/mol. The highest BCUT2D eigenvalue weighted by atomic mass is 32.1. The third kappa shape index (κ3) is 6.09. The van der Waals surface area contributed by atoms with Crippen molar-refractivity contribution in [2.24, 2.45) is 0 Å². The quantitative estimate of drug-likeness (QED) is 0.319. The van der Waals surface area contributed by atoms with Crippen molar-refractivity contribution in [3.05, 3.63) is 75.7 Å². The zero-order valence-electron chi connectivity index (χ0n) is 22.3. The Morgan fingerprint density at radius 1 is 1.13 bits per heavy atom. The number of thiazole rings is 1. The van der Waals surface area contributed by atoms with E-state index in [9.17, 15) is 9.59 Å². The van der Waals surface area contributed by atoms with Gasteiger partial charge in [0.25, 0.3) is 5.91 Å². The van der Waals surface area contributed by atoms with Gasteiger partial charge >= 0.3 is 5.97 Å². The molecule has 1 aromatic heterocycles. The zero-order valence-corrected chi connectivity index (χ0v) is 23.2. The lowest BCUT2D eigenvalue weighted by Gasteiger charge is -2.38. The lowest BCUT2D eigenvalue weighted by atomic mass is 9.91. The third-order valence-corrected chi connectivity index (χ3v) is 8.05. The number of carbonyl (C=O) groups is 2. The summed E-state index contributed by atoms with van der Waals surface area (Å²) in [5, 5.41) is 0.